The maximum absolute atomic E-state index is 12.2. The SMILES string of the molecule is CN(CC(F)F)C(=O)CC1(CN)CCCCC1. The highest BCUT2D eigenvalue weighted by atomic mass is 19.3. The van der Waals surface area contributed by atoms with Crippen LogP contribution in [0.1, 0.15) is 38.5 Å². The molecule has 17 heavy (non-hydrogen) atoms. The molecule has 0 atom stereocenters. The Kier molecular flexibility index (Phi) is 5.31. The van der Waals surface area contributed by atoms with E-state index >= 15 is 0 Å². The summed E-state index contributed by atoms with van der Waals surface area (Å²) in [5.74, 6) is -0.211. The van der Waals surface area contributed by atoms with Crippen LogP contribution in [0, 0.1) is 5.41 Å². The van der Waals surface area contributed by atoms with Gasteiger partial charge in [-0.1, -0.05) is 19.3 Å². The third-order valence-corrected chi connectivity index (χ3v) is 3.71. The van der Waals surface area contributed by atoms with Crippen molar-refractivity contribution < 1.29 is 13.6 Å². The van der Waals surface area contributed by atoms with Gasteiger partial charge >= 0.3 is 0 Å². The molecule has 0 bridgehead atoms. The molecule has 1 rings (SSSR count). The Labute approximate surface area is 101 Å². The number of halogens is 2. The number of alkyl halides is 2. The first-order chi connectivity index (χ1) is 7.99. The van der Waals surface area contributed by atoms with Gasteiger partial charge in [0.1, 0.15) is 0 Å². The van der Waals surface area contributed by atoms with Gasteiger partial charge in [0.25, 0.3) is 6.43 Å². The predicted octanol–water partition coefficient (Wildman–Crippen LogP) is 2.01. The number of nitrogens with two attached hydrogens (primary N) is 1. The molecule has 0 unspecified atom stereocenters. The van der Waals surface area contributed by atoms with Crippen LogP contribution in [0.4, 0.5) is 8.78 Å². The van der Waals surface area contributed by atoms with E-state index < -0.39 is 13.0 Å². The molecule has 3 nitrogen and oxygen atoms in total. The number of carbonyl (C=O) groups excluding carboxylic acids is 1. The molecule has 1 aliphatic rings. The van der Waals surface area contributed by atoms with E-state index in [4.69, 9.17) is 5.73 Å². The lowest BCUT2D eigenvalue weighted by Gasteiger charge is -2.36. The summed E-state index contributed by atoms with van der Waals surface area (Å²) in [5, 5.41) is 0. The molecule has 2 N–H and O–H groups in total. The van der Waals surface area contributed by atoms with E-state index in [1.807, 2.05) is 0 Å². The molecular weight excluding hydrogens is 226 g/mol. The largest absolute Gasteiger partial charge is 0.340 e. The molecule has 1 aliphatic carbocycles. The van der Waals surface area contributed by atoms with Crippen LogP contribution in [0.3, 0.4) is 0 Å². The highest BCUT2D eigenvalue weighted by Crippen LogP contribution is 2.38. The second-order valence-corrected chi connectivity index (χ2v) is 5.11. The van der Waals surface area contributed by atoms with Crippen molar-refractivity contribution in [3.63, 3.8) is 0 Å². The molecule has 0 aliphatic heterocycles. The number of nitrogens with zero attached hydrogens (tertiary/aromatic N) is 1. The fraction of sp³-hybridized carbons (Fsp3) is 0.917. The maximum Gasteiger partial charge on any atom is 0.255 e. The molecule has 1 fully saturated rings. The topological polar surface area (TPSA) is 46.3 Å². The zero-order chi connectivity index (χ0) is 12.9. The Morgan fingerprint density at radius 3 is 2.41 bits per heavy atom. The minimum absolute atomic E-state index is 0.147. The molecule has 0 spiro atoms. The summed E-state index contributed by atoms with van der Waals surface area (Å²) in [6.07, 6.45) is 3.08. The smallest absolute Gasteiger partial charge is 0.255 e. The monoisotopic (exact) mass is 248 g/mol. The van der Waals surface area contributed by atoms with Crippen LogP contribution in [0.2, 0.25) is 0 Å². The minimum atomic E-state index is -2.47. The van der Waals surface area contributed by atoms with E-state index in [9.17, 15) is 13.6 Å². The van der Waals surface area contributed by atoms with Gasteiger partial charge in [-0.25, -0.2) is 8.78 Å². The molecule has 5 heteroatoms. The number of hydrogen-bond donors (Lipinski definition) is 1. The lowest BCUT2D eigenvalue weighted by atomic mass is 9.71. The zero-order valence-electron chi connectivity index (χ0n) is 10.4. The lowest BCUT2D eigenvalue weighted by Crippen LogP contribution is -2.40. The summed E-state index contributed by atoms with van der Waals surface area (Å²) >= 11 is 0. The first kappa shape index (κ1) is 14.4. The van der Waals surface area contributed by atoms with E-state index in [2.05, 4.69) is 0 Å². The standard InChI is InChI=1S/C12H22F2N2O/c1-16(8-10(13)14)11(17)7-12(9-15)5-3-2-4-6-12/h10H,2-9,15H2,1H3. The molecule has 0 radical (unpaired) electrons. The predicted molar refractivity (Wildman–Crippen MR) is 62.8 cm³/mol. The van der Waals surface area contributed by atoms with Crippen molar-refractivity contribution in [2.24, 2.45) is 11.1 Å². The molecule has 1 saturated carbocycles. The Morgan fingerprint density at radius 1 is 1.35 bits per heavy atom. The summed E-state index contributed by atoms with van der Waals surface area (Å²) in [6, 6.07) is 0. The quantitative estimate of drug-likeness (QED) is 0.809. The Hall–Kier alpha value is -0.710. The Morgan fingerprint density at radius 2 is 1.94 bits per heavy atom. The normalized spacial score (nSPS) is 19.4. The maximum atomic E-state index is 12.2. The van der Waals surface area contributed by atoms with Crippen LogP contribution in [-0.4, -0.2) is 37.4 Å². The first-order valence-electron chi connectivity index (χ1n) is 6.21. The molecule has 100 valence electrons. The number of amides is 1. The van der Waals surface area contributed by atoms with Crippen molar-refractivity contribution in [2.75, 3.05) is 20.1 Å². The highest BCUT2D eigenvalue weighted by Gasteiger charge is 2.34. The van der Waals surface area contributed by atoms with Gasteiger partial charge in [0, 0.05) is 13.5 Å². The summed E-state index contributed by atoms with van der Waals surface area (Å²) in [5.41, 5.74) is 5.62. The number of rotatable bonds is 5. The Bertz CT molecular complexity index is 253. The van der Waals surface area contributed by atoms with Crippen LogP contribution in [0.25, 0.3) is 0 Å². The minimum Gasteiger partial charge on any atom is -0.340 e. The van der Waals surface area contributed by atoms with Gasteiger partial charge in [0.05, 0.1) is 6.54 Å². The van der Waals surface area contributed by atoms with E-state index in [0.29, 0.717) is 13.0 Å². The summed E-state index contributed by atoms with van der Waals surface area (Å²) < 4.78 is 24.4. The molecule has 0 saturated heterocycles. The van der Waals surface area contributed by atoms with E-state index in [-0.39, 0.29) is 11.3 Å². The van der Waals surface area contributed by atoms with Crippen LogP contribution < -0.4 is 5.73 Å². The van der Waals surface area contributed by atoms with Gasteiger partial charge in [0.2, 0.25) is 5.91 Å². The van der Waals surface area contributed by atoms with Gasteiger partial charge in [-0.15, -0.1) is 0 Å². The average molecular weight is 248 g/mol. The molecule has 0 aromatic carbocycles. The van der Waals surface area contributed by atoms with Crippen molar-refractivity contribution >= 4 is 5.91 Å². The van der Waals surface area contributed by atoms with Crippen molar-refractivity contribution in [3.05, 3.63) is 0 Å². The molecule has 0 aromatic heterocycles. The molecule has 0 heterocycles. The zero-order valence-corrected chi connectivity index (χ0v) is 10.4. The first-order valence-corrected chi connectivity index (χ1v) is 6.21. The lowest BCUT2D eigenvalue weighted by molar-refractivity contribution is -0.134. The number of carbonyl (C=O) groups is 1. The fourth-order valence-corrected chi connectivity index (χ4v) is 2.52. The highest BCUT2D eigenvalue weighted by molar-refractivity contribution is 5.76. The second-order valence-electron chi connectivity index (χ2n) is 5.11. The van der Waals surface area contributed by atoms with Crippen molar-refractivity contribution in [2.45, 2.75) is 45.0 Å². The second kappa shape index (κ2) is 6.28. The van der Waals surface area contributed by atoms with E-state index in [1.165, 1.54) is 13.5 Å². The molecule has 0 aromatic rings. The van der Waals surface area contributed by atoms with Gasteiger partial charge < -0.3 is 10.6 Å². The van der Waals surface area contributed by atoms with Gasteiger partial charge in [0.15, 0.2) is 0 Å². The molecular formula is C12H22F2N2O. The average Bonchev–Trinajstić information content (AvgIpc) is 2.29. The third kappa shape index (κ3) is 4.22. The van der Waals surface area contributed by atoms with Crippen LogP contribution in [0.15, 0.2) is 0 Å². The summed E-state index contributed by atoms with van der Waals surface area (Å²) in [7, 11) is 1.43. The van der Waals surface area contributed by atoms with Crippen LogP contribution in [0.5, 0.6) is 0 Å². The van der Waals surface area contributed by atoms with Crippen molar-refractivity contribution in [3.8, 4) is 0 Å². The third-order valence-electron chi connectivity index (χ3n) is 3.71. The van der Waals surface area contributed by atoms with E-state index in [1.54, 1.807) is 0 Å². The summed E-state index contributed by atoms with van der Waals surface area (Å²) in [4.78, 5) is 13.0. The summed E-state index contributed by atoms with van der Waals surface area (Å²) in [6.45, 7) is -0.0132. The van der Waals surface area contributed by atoms with Gasteiger partial charge in [-0.3, -0.25) is 4.79 Å². The van der Waals surface area contributed by atoms with E-state index in [0.717, 1.165) is 30.6 Å². The van der Waals surface area contributed by atoms with Crippen molar-refractivity contribution in [1.82, 2.24) is 4.90 Å². The van der Waals surface area contributed by atoms with Gasteiger partial charge in [-0.2, -0.15) is 0 Å². The van der Waals surface area contributed by atoms with Gasteiger partial charge in [-0.05, 0) is 24.8 Å². The Balaban J connectivity index is 2.52. The fourth-order valence-electron chi connectivity index (χ4n) is 2.52. The van der Waals surface area contributed by atoms with Crippen LogP contribution in [-0.2, 0) is 4.79 Å². The number of hydrogen-bond acceptors (Lipinski definition) is 2. The van der Waals surface area contributed by atoms with Crippen LogP contribution >= 0.6 is 0 Å². The van der Waals surface area contributed by atoms with Crippen molar-refractivity contribution in [1.29, 1.82) is 0 Å². The molecule has 1 amide bonds.